The van der Waals surface area contributed by atoms with Crippen molar-refractivity contribution < 1.29 is 25.7 Å². The molecule has 3 heteroatoms. The average Bonchev–Trinajstić information content (AvgIpc) is 2.78. The van der Waals surface area contributed by atoms with Crippen molar-refractivity contribution in [2.45, 2.75) is 24.8 Å². The number of hydrogen-bond acceptors (Lipinski definition) is 3. The minimum absolute atomic E-state index is 0.239. The Morgan fingerprint density at radius 2 is 1.86 bits per heavy atom. The first-order chi connectivity index (χ1) is 16.6. The van der Waals surface area contributed by atoms with Crippen molar-refractivity contribution in [1.29, 1.82) is 0 Å². The molecule has 0 atom stereocenters. The molecule has 1 aliphatic rings. The molecule has 2 aromatic rings. The van der Waals surface area contributed by atoms with Gasteiger partial charge in [0.25, 0.3) is 0 Å². The third-order valence-corrected chi connectivity index (χ3v) is 2.92. The lowest BCUT2D eigenvalue weighted by molar-refractivity contribution is 0.115. The van der Waals surface area contributed by atoms with E-state index in [0.29, 0.717) is 0 Å². The molecule has 0 bridgehead atoms. The highest BCUT2D eigenvalue weighted by Gasteiger charge is 2.33. The van der Waals surface area contributed by atoms with E-state index in [-0.39, 0.29) is 10.5 Å². The highest BCUT2D eigenvalue weighted by Crippen LogP contribution is 2.27. The van der Waals surface area contributed by atoms with Gasteiger partial charge in [0.05, 0.1) is 21.7 Å². The second kappa shape index (κ2) is 6.95. The Hall–Kier alpha value is -1.84. The minimum atomic E-state index is -4.09. The number of aliphatic hydroxyl groups is 1. The van der Waals surface area contributed by atoms with E-state index in [1.54, 1.807) is 18.2 Å². The highest BCUT2D eigenvalue weighted by atomic mass is 16.3. The number of para-hydroxylation sites is 1. The quantitative estimate of drug-likeness (QED) is 0.890. The Balaban J connectivity index is 2.38. The van der Waals surface area contributed by atoms with Gasteiger partial charge in [-0.2, -0.15) is 0 Å². The van der Waals surface area contributed by atoms with Crippen LogP contribution >= 0.6 is 0 Å². The molecule has 1 saturated heterocycles. The second-order valence-electron chi connectivity index (χ2n) is 4.53. The Bertz CT molecular complexity index is 1140. The molecule has 0 aromatic heterocycles. The Morgan fingerprint density at radius 3 is 2.50 bits per heavy atom. The summed E-state index contributed by atoms with van der Waals surface area (Å²) < 4.78 is 125. The molecule has 0 radical (unpaired) electrons. The smallest absolute Gasteiger partial charge is 0.0662 e. The predicted molar refractivity (Wildman–Crippen MR) is 90.8 cm³/mol. The van der Waals surface area contributed by atoms with Crippen LogP contribution in [-0.4, -0.2) is 35.1 Å². The number of rotatable bonds is 5. The molecule has 1 heterocycles. The van der Waals surface area contributed by atoms with Gasteiger partial charge in [-0.3, -0.25) is 4.90 Å². The molecule has 3 rings (SSSR count). The van der Waals surface area contributed by atoms with Crippen molar-refractivity contribution in [3.05, 3.63) is 66.1 Å². The third kappa shape index (κ3) is 3.67. The van der Waals surface area contributed by atoms with Gasteiger partial charge in [-0.1, -0.05) is 48.5 Å². The minimum Gasteiger partial charge on any atom is -0.394 e. The lowest BCUT2D eigenvalue weighted by Gasteiger charge is -2.42. The van der Waals surface area contributed by atoms with Gasteiger partial charge in [0.1, 0.15) is 0 Å². The molecule has 116 valence electrons. The molecule has 2 aromatic carbocycles. The largest absolute Gasteiger partial charge is 0.394 e. The van der Waals surface area contributed by atoms with Crippen LogP contribution in [0, 0.1) is 0 Å². The van der Waals surface area contributed by atoms with Gasteiger partial charge in [0.2, 0.25) is 0 Å². The third-order valence-electron chi connectivity index (χ3n) is 2.92. The van der Waals surface area contributed by atoms with Crippen LogP contribution < -0.4 is 5.32 Å². The zero-order chi connectivity index (χ0) is 28.6. The standard InChI is InChI=1S/C19H24N2O/c22-16-19(20-18-9-5-2-6-10-18)11-13-21(14-12-19)15-17-7-3-1-4-8-17/h1-10,20,22H,11-16H2/i2D,5D,6D,9D,10D,11D2,12D2,13D2,14D2,16D2. The van der Waals surface area contributed by atoms with Gasteiger partial charge in [-0.05, 0) is 30.4 Å². The van der Waals surface area contributed by atoms with Crippen molar-refractivity contribution in [2.75, 3.05) is 24.9 Å². The van der Waals surface area contributed by atoms with E-state index in [9.17, 15) is 5.11 Å². The Labute approximate surface area is 153 Å². The van der Waals surface area contributed by atoms with Gasteiger partial charge in [-0.15, -0.1) is 0 Å². The summed E-state index contributed by atoms with van der Waals surface area (Å²) in [7, 11) is 0. The van der Waals surface area contributed by atoms with E-state index in [4.69, 9.17) is 20.6 Å². The van der Waals surface area contributed by atoms with E-state index >= 15 is 0 Å². The summed E-state index contributed by atoms with van der Waals surface area (Å²) in [6.45, 7) is -11.8. The van der Waals surface area contributed by atoms with Gasteiger partial charge >= 0.3 is 0 Å². The molecule has 0 amide bonds. The fourth-order valence-electron chi connectivity index (χ4n) is 1.85. The maximum absolute atomic E-state index is 10.6. The summed E-state index contributed by atoms with van der Waals surface area (Å²) >= 11 is 0. The first-order valence-corrected chi connectivity index (χ1v) is 6.50. The average molecular weight is 312 g/mol. The molecular formula is C19H24N2O. The van der Waals surface area contributed by atoms with Gasteiger partial charge in [0, 0.05) is 36.2 Å². The van der Waals surface area contributed by atoms with Crippen LogP contribution in [0.3, 0.4) is 0 Å². The topological polar surface area (TPSA) is 35.5 Å². The summed E-state index contributed by atoms with van der Waals surface area (Å²) in [4.78, 5) is 0.239. The van der Waals surface area contributed by atoms with Crippen LogP contribution in [0.2, 0.25) is 0 Å². The van der Waals surface area contributed by atoms with Crippen LogP contribution in [-0.2, 0) is 6.54 Å². The fraction of sp³-hybridized carbons (Fsp3) is 0.368. The van der Waals surface area contributed by atoms with Gasteiger partial charge in [-0.25, -0.2) is 0 Å². The van der Waals surface area contributed by atoms with E-state index in [2.05, 4.69) is 0 Å². The molecule has 0 saturated carbocycles. The number of nitrogens with zero attached hydrogens (tertiary/aromatic N) is 1. The highest BCUT2D eigenvalue weighted by molar-refractivity contribution is 5.45. The van der Waals surface area contributed by atoms with Crippen LogP contribution in [0.5, 0.6) is 0 Å². The molecule has 0 aliphatic carbocycles. The van der Waals surface area contributed by atoms with Gasteiger partial charge in [0.15, 0.2) is 0 Å². The first-order valence-electron chi connectivity index (χ1n) is 14.0. The van der Waals surface area contributed by atoms with Crippen LogP contribution in [0.4, 0.5) is 5.69 Å². The summed E-state index contributed by atoms with van der Waals surface area (Å²) in [6, 6.07) is 2.78. The summed E-state index contributed by atoms with van der Waals surface area (Å²) in [5, 5.41) is 12.5. The van der Waals surface area contributed by atoms with Crippen LogP contribution in [0.25, 0.3) is 0 Å². The molecule has 1 fully saturated rings. The number of piperidine rings is 1. The zero-order valence-electron chi connectivity index (χ0n) is 26.5. The SMILES string of the molecule is [2H]c1c([2H])c([2H])c(NC2(C([2H])([2H])O)C([2H])([2H])C([2H])([2H])N(Cc3ccccc3)C([2H])([2H])C2([2H])[2H])c([2H])c1[2H]. The monoisotopic (exact) mass is 311 g/mol. The van der Waals surface area contributed by atoms with E-state index in [1.807, 2.05) is 5.32 Å². The van der Waals surface area contributed by atoms with Crippen LogP contribution in [0.15, 0.2) is 60.5 Å². The normalized spacial score (nSPS) is 37.8. The molecule has 1 aliphatic heterocycles. The number of benzene rings is 2. The Morgan fingerprint density at radius 1 is 1.18 bits per heavy atom. The van der Waals surface area contributed by atoms with Crippen molar-refractivity contribution in [2.24, 2.45) is 0 Å². The summed E-state index contributed by atoms with van der Waals surface area (Å²) in [5.74, 6) is 0. The first kappa shape index (κ1) is 5.36. The lowest BCUT2D eigenvalue weighted by Crippen LogP contribution is -2.51. The number of nitrogens with one attached hydrogen (secondary N) is 1. The molecule has 22 heavy (non-hydrogen) atoms. The molecular weight excluding hydrogens is 272 g/mol. The Kier molecular flexibility index (Phi) is 1.69. The molecule has 2 N–H and O–H groups in total. The lowest BCUT2D eigenvalue weighted by atomic mass is 9.87. The fourth-order valence-corrected chi connectivity index (χ4v) is 1.85. The molecule has 0 unspecified atom stereocenters. The summed E-state index contributed by atoms with van der Waals surface area (Å²) in [6.07, 6.45) is -7.68. The maximum Gasteiger partial charge on any atom is 0.0662 e. The predicted octanol–water partition coefficient (Wildman–Crippen LogP) is 3.13. The van der Waals surface area contributed by atoms with Crippen molar-refractivity contribution in [3.63, 3.8) is 0 Å². The summed E-state index contributed by atoms with van der Waals surface area (Å²) in [5.41, 5.74) is -4.65. The molecule has 3 nitrogen and oxygen atoms in total. The van der Waals surface area contributed by atoms with Crippen molar-refractivity contribution >= 4 is 5.69 Å². The maximum atomic E-state index is 10.6. The number of likely N-dealkylation sites (tertiary alicyclic amines) is 1. The second-order valence-corrected chi connectivity index (χ2v) is 4.53. The van der Waals surface area contributed by atoms with Gasteiger partial charge < -0.3 is 10.4 Å². The van der Waals surface area contributed by atoms with E-state index in [0.717, 1.165) is 0 Å². The number of hydrogen-bond donors (Lipinski definition) is 2. The van der Waals surface area contributed by atoms with Crippen molar-refractivity contribution in [1.82, 2.24) is 4.90 Å². The van der Waals surface area contributed by atoms with E-state index < -0.39 is 80.3 Å². The van der Waals surface area contributed by atoms with E-state index in [1.165, 1.54) is 12.1 Å². The molecule has 0 spiro atoms. The zero-order valence-corrected chi connectivity index (χ0v) is 11.5. The van der Waals surface area contributed by atoms with Crippen LogP contribution in [0.1, 0.15) is 38.9 Å². The van der Waals surface area contributed by atoms with Crippen molar-refractivity contribution in [3.8, 4) is 0 Å². The number of anilines is 1.